The monoisotopic (exact) mass is 381 g/mol. The van der Waals surface area contributed by atoms with Gasteiger partial charge in [-0.15, -0.1) is 0 Å². The third-order valence-electron chi connectivity index (χ3n) is 4.66. The smallest absolute Gasteiger partial charge is 0.321 e. The first-order valence-electron chi connectivity index (χ1n) is 8.90. The Bertz CT molecular complexity index is 985. The highest BCUT2D eigenvalue weighted by molar-refractivity contribution is 6.30. The number of nitrogens with zero attached hydrogens (tertiary/aromatic N) is 4. The molecule has 1 aromatic heterocycles. The molecule has 0 bridgehead atoms. The SMILES string of the molecule is Cc1nc2ccccc2nc1N1CCN(C(=O)Nc2cccc(Cl)c2)CC1. The molecule has 0 aliphatic carbocycles. The van der Waals surface area contributed by atoms with E-state index in [2.05, 4.69) is 15.2 Å². The first kappa shape index (κ1) is 17.5. The molecule has 2 aromatic carbocycles. The normalized spacial score (nSPS) is 14.4. The van der Waals surface area contributed by atoms with Gasteiger partial charge in [0.15, 0.2) is 5.82 Å². The minimum Gasteiger partial charge on any atom is -0.352 e. The minimum atomic E-state index is -0.113. The summed E-state index contributed by atoms with van der Waals surface area (Å²) in [6.45, 7) is 4.67. The molecule has 1 saturated heterocycles. The van der Waals surface area contributed by atoms with E-state index in [1.807, 2.05) is 43.3 Å². The number of para-hydroxylation sites is 2. The summed E-state index contributed by atoms with van der Waals surface area (Å²) in [5, 5.41) is 3.50. The van der Waals surface area contributed by atoms with E-state index in [1.165, 1.54) is 0 Å². The number of amides is 2. The van der Waals surface area contributed by atoms with Gasteiger partial charge in [0.05, 0.1) is 16.7 Å². The fourth-order valence-electron chi connectivity index (χ4n) is 3.27. The first-order chi connectivity index (χ1) is 13.1. The maximum Gasteiger partial charge on any atom is 0.321 e. The number of anilines is 2. The number of aromatic nitrogens is 2. The molecule has 2 amide bonds. The molecule has 2 heterocycles. The standard InChI is InChI=1S/C20H20ClN5O/c1-14-19(24-18-8-3-2-7-17(18)22-14)25-9-11-26(12-10-25)20(27)23-16-6-4-5-15(21)13-16/h2-8,13H,9-12H2,1H3,(H,23,27). The Balaban J connectivity index is 1.43. The van der Waals surface area contributed by atoms with Crippen LogP contribution in [0.2, 0.25) is 5.02 Å². The van der Waals surface area contributed by atoms with Crippen LogP contribution in [-0.4, -0.2) is 47.1 Å². The maximum atomic E-state index is 12.5. The van der Waals surface area contributed by atoms with E-state index in [-0.39, 0.29) is 6.03 Å². The lowest BCUT2D eigenvalue weighted by Crippen LogP contribution is -2.50. The van der Waals surface area contributed by atoms with Crippen LogP contribution >= 0.6 is 11.6 Å². The number of hydrogen-bond donors (Lipinski definition) is 1. The number of hydrogen-bond acceptors (Lipinski definition) is 4. The van der Waals surface area contributed by atoms with E-state index in [1.54, 1.807) is 17.0 Å². The van der Waals surface area contributed by atoms with Gasteiger partial charge in [0.1, 0.15) is 0 Å². The number of halogens is 1. The first-order valence-corrected chi connectivity index (χ1v) is 9.28. The Hall–Kier alpha value is -2.86. The molecule has 3 aromatic rings. The molecule has 0 atom stereocenters. The van der Waals surface area contributed by atoms with Gasteiger partial charge in [-0.05, 0) is 37.3 Å². The number of carbonyl (C=O) groups is 1. The van der Waals surface area contributed by atoms with Gasteiger partial charge in [-0.2, -0.15) is 0 Å². The Kier molecular flexibility index (Phi) is 4.81. The minimum absolute atomic E-state index is 0.113. The van der Waals surface area contributed by atoms with Crippen LogP contribution in [0, 0.1) is 6.92 Å². The van der Waals surface area contributed by atoms with Gasteiger partial charge in [0, 0.05) is 36.9 Å². The molecule has 0 saturated carbocycles. The summed E-state index contributed by atoms with van der Waals surface area (Å²) >= 11 is 5.97. The van der Waals surface area contributed by atoms with E-state index in [0.29, 0.717) is 23.8 Å². The topological polar surface area (TPSA) is 61.4 Å². The molecule has 0 unspecified atom stereocenters. The predicted octanol–water partition coefficient (Wildman–Crippen LogP) is 3.95. The lowest BCUT2D eigenvalue weighted by Gasteiger charge is -2.35. The van der Waals surface area contributed by atoms with E-state index in [9.17, 15) is 4.79 Å². The van der Waals surface area contributed by atoms with Crippen molar-refractivity contribution in [2.24, 2.45) is 0 Å². The molecule has 4 rings (SSSR count). The number of urea groups is 1. The maximum absolute atomic E-state index is 12.5. The molecule has 1 N–H and O–H groups in total. The summed E-state index contributed by atoms with van der Waals surface area (Å²) in [6.07, 6.45) is 0. The van der Waals surface area contributed by atoms with Gasteiger partial charge in [-0.25, -0.2) is 14.8 Å². The van der Waals surface area contributed by atoms with Gasteiger partial charge in [0.2, 0.25) is 0 Å². The largest absolute Gasteiger partial charge is 0.352 e. The lowest BCUT2D eigenvalue weighted by atomic mass is 10.2. The van der Waals surface area contributed by atoms with Crippen LogP contribution < -0.4 is 10.2 Å². The average molecular weight is 382 g/mol. The molecular weight excluding hydrogens is 362 g/mol. The van der Waals surface area contributed by atoms with Crippen LogP contribution in [0.4, 0.5) is 16.3 Å². The number of nitrogens with one attached hydrogen (secondary N) is 1. The Morgan fingerprint density at radius 2 is 1.70 bits per heavy atom. The highest BCUT2D eigenvalue weighted by Crippen LogP contribution is 2.22. The summed E-state index contributed by atoms with van der Waals surface area (Å²) in [5.41, 5.74) is 3.40. The number of fused-ring (bicyclic) bond motifs is 1. The van der Waals surface area contributed by atoms with Crippen molar-refractivity contribution in [1.29, 1.82) is 0 Å². The molecule has 6 nitrogen and oxygen atoms in total. The number of aryl methyl sites for hydroxylation is 1. The number of piperazine rings is 1. The van der Waals surface area contributed by atoms with Crippen LogP contribution in [0.3, 0.4) is 0 Å². The van der Waals surface area contributed by atoms with E-state index in [4.69, 9.17) is 16.6 Å². The van der Waals surface area contributed by atoms with Gasteiger partial charge in [-0.3, -0.25) is 0 Å². The highest BCUT2D eigenvalue weighted by atomic mass is 35.5. The molecular formula is C20H20ClN5O. The van der Waals surface area contributed by atoms with E-state index < -0.39 is 0 Å². The zero-order valence-corrected chi connectivity index (χ0v) is 15.8. The molecule has 1 fully saturated rings. The van der Waals surface area contributed by atoms with Crippen molar-refractivity contribution in [3.63, 3.8) is 0 Å². The second-order valence-corrected chi connectivity index (χ2v) is 6.97. The van der Waals surface area contributed by atoms with Crippen LogP contribution in [0.1, 0.15) is 5.69 Å². The number of carbonyl (C=O) groups excluding carboxylic acids is 1. The molecule has 0 spiro atoms. The van der Waals surface area contributed by atoms with Crippen molar-refractivity contribution >= 4 is 40.2 Å². The molecule has 27 heavy (non-hydrogen) atoms. The van der Waals surface area contributed by atoms with Crippen molar-refractivity contribution < 1.29 is 4.79 Å². The van der Waals surface area contributed by atoms with Crippen molar-refractivity contribution in [3.8, 4) is 0 Å². The zero-order valence-electron chi connectivity index (χ0n) is 15.0. The van der Waals surface area contributed by atoms with Gasteiger partial charge in [0.25, 0.3) is 0 Å². The summed E-state index contributed by atoms with van der Waals surface area (Å²) < 4.78 is 0. The van der Waals surface area contributed by atoms with Crippen LogP contribution in [0.15, 0.2) is 48.5 Å². The van der Waals surface area contributed by atoms with Crippen molar-refractivity contribution in [2.75, 3.05) is 36.4 Å². The second-order valence-electron chi connectivity index (χ2n) is 6.54. The van der Waals surface area contributed by atoms with Crippen LogP contribution in [0.25, 0.3) is 11.0 Å². The second kappa shape index (κ2) is 7.40. The van der Waals surface area contributed by atoms with E-state index in [0.717, 1.165) is 35.6 Å². The lowest BCUT2D eigenvalue weighted by molar-refractivity contribution is 0.208. The van der Waals surface area contributed by atoms with E-state index >= 15 is 0 Å². The van der Waals surface area contributed by atoms with Gasteiger partial charge in [-0.1, -0.05) is 29.8 Å². The fraction of sp³-hybridized carbons (Fsp3) is 0.250. The predicted molar refractivity (Wildman–Crippen MR) is 109 cm³/mol. The molecule has 1 aliphatic rings. The molecule has 138 valence electrons. The Morgan fingerprint density at radius 3 is 2.41 bits per heavy atom. The summed E-state index contributed by atoms with van der Waals surface area (Å²) in [7, 11) is 0. The zero-order chi connectivity index (χ0) is 18.8. The number of benzene rings is 2. The fourth-order valence-corrected chi connectivity index (χ4v) is 3.46. The Labute approximate surface area is 162 Å². The summed E-state index contributed by atoms with van der Waals surface area (Å²) in [5.74, 6) is 0.892. The highest BCUT2D eigenvalue weighted by Gasteiger charge is 2.23. The van der Waals surface area contributed by atoms with Gasteiger partial charge < -0.3 is 15.1 Å². The van der Waals surface area contributed by atoms with Gasteiger partial charge >= 0.3 is 6.03 Å². The molecule has 0 radical (unpaired) electrons. The summed E-state index contributed by atoms with van der Waals surface area (Å²) in [6, 6.07) is 14.9. The van der Waals surface area contributed by atoms with Crippen molar-refractivity contribution in [1.82, 2.24) is 14.9 Å². The summed E-state index contributed by atoms with van der Waals surface area (Å²) in [4.78, 5) is 25.9. The van der Waals surface area contributed by atoms with Crippen molar-refractivity contribution in [2.45, 2.75) is 6.92 Å². The number of rotatable bonds is 2. The molecule has 1 aliphatic heterocycles. The van der Waals surface area contributed by atoms with Crippen molar-refractivity contribution in [3.05, 3.63) is 59.2 Å². The van der Waals surface area contributed by atoms with Crippen LogP contribution in [-0.2, 0) is 0 Å². The average Bonchev–Trinajstić information content (AvgIpc) is 2.67. The van der Waals surface area contributed by atoms with Crippen LogP contribution in [0.5, 0.6) is 0 Å². The quantitative estimate of drug-likeness (QED) is 0.730. The Morgan fingerprint density at radius 1 is 1.00 bits per heavy atom. The third-order valence-corrected chi connectivity index (χ3v) is 4.90. The molecule has 7 heteroatoms. The third kappa shape index (κ3) is 3.80.